The highest BCUT2D eigenvalue weighted by Crippen LogP contribution is 2.19. The normalized spacial score (nSPS) is 17.1. The maximum absolute atomic E-state index is 5.62. The van der Waals surface area contributed by atoms with Crippen LogP contribution in [0.1, 0.15) is 44.0 Å². The van der Waals surface area contributed by atoms with Crippen molar-refractivity contribution in [2.24, 2.45) is 0 Å². The van der Waals surface area contributed by atoms with Gasteiger partial charge in [-0.1, -0.05) is 12.8 Å². The second-order valence-corrected chi connectivity index (χ2v) is 4.44. The van der Waals surface area contributed by atoms with Gasteiger partial charge in [0.1, 0.15) is 0 Å². The molecule has 0 radical (unpaired) electrons. The molecular formula is C12H21N3O. The summed E-state index contributed by atoms with van der Waals surface area (Å²) in [5, 5.41) is 4.40. The van der Waals surface area contributed by atoms with E-state index in [0.717, 1.165) is 18.8 Å². The van der Waals surface area contributed by atoms with Crippen LogP contribution in [0.25, 0.3) is 0 Å². The molecule has 1 heterocycles. The van der Waals surface area contributed by atoms with Crippen molar-refractivity contribution >= 4 is 0 Å². The van der Waals surface area contributed by atoms with E-state index in [1.807, 2.05) is 11.6 Å². The van der Waals surface area contributed by atoms with Gasteiger partial charge in [-0.3, -0.25) is 9.52 Å². The molecule has 90 valence electrons. The lowest BCUT2D eigenvalue weighted by Crippen LogP contribution is -2.22. The molecule has 0 spiro atoms. The SMILES string of the molecule is CCn1nc(C)cc1CNOC1CCCC1. The molecule has 1 aromatic rings. The number of aryl methyl sites for hydroxylation is 2. The monoisotopic (exact) mass is 223 g/mol. The first-order valence-corrected chi connectivity index (χ1v) is 6.21. The van der Waals surface area contributed by atoms with Crippen molar-refractivity contribution < 1.29 is 4.84 Å². The Morgan fingerprint density at radius 3 is 2.94 bits per heavy atom. The quantitative estimate of drug-likeness (QED) is 0.778. The highest BCUT2D eigenvalue weighted by Gasteiger charge is 2.15. The summed E-state index contributed by atoms with van der Waals surface area (Å²) in [7, 11) is 0. The van der Waals surface area contributed by atoms with Crippen molar-refractivity contribution in [2.75, 3.05) is 0 Å². The Balaban J connectivity index is 1.79. The van der Waals surface area contributed by atoms with Crippen LogP contribution in [0.15, 0.2) is 6.07 Å². The van der Waals surface area contributed by atoms with Crippen LogP contribution in [-0.4, -0.2) is 15.9 Å². The Bertz CT molecular complexity index is 329. The summed E-state index contributed by atoms with van der Waals surface area (Å²) in [4.78, 5) is 5.62. The fraction of sp³-hybridized carbons (Fsp3) is 0.750. The van der Waals surface area contributed by atoms with E-state index in [2.05, 4.69) is 23.6 Å². The second-order valence-electron chi connectivity index (χ2n) is 4.44. The Morgan fingerprint density at radius 1 is 1.50 bits per heavy atom. The van der Waals surface area contributed by atoms with E-state index in [1.54, 1.807) is 0 Å². The summed E-state index contributed by atoms with van der Waals surface area (Å²) in [6, 6.07) is 2.11. The number of nitrogens with one attached hydrogen (secondary N) is 1. The van der Waals surface area contributed by atoms with Crippen molar-refractivity contribution in [3.63, 3.8) is 0 Å². The maximum atomic E-state index is 5.62. The van der Waals surface area contributed by atoms with E-state index in [0.29, 0.717) is 6.10 Å². The van der Waals surface area contributed by atoms with Crippen molar-refractivity contribution in [1.82, 2.24) is 15.3 Å². The van der Waals surface area contributed by atoms with Gasteiger partial charge in [0, 0.05) is 6.54 Å². The Kier molecular flexibility index (Phi) is 3.96. The van der Waals surface area contributed by atoms with Gasteiger partial charge >= 0.3 is 0 Å². The van der Waals surface area contributed by atoms with E-state index in [1.165, 1.54) is 31.4 Å². The molecule has 0 saturated heterocycles. The molecule has 0 amide bonds. The average molecular weight is 223 g/mol. The first kappa shape index (κ1) is 11.6. The minimum Gasteiger partial charge on any atom is -0.298 e. The molecule has 1 saturated carbocycles. The molecule has 1 aliphatic carbocycles. The third kappa shape index (κ3) is 2.83. The predicted octanol–water partition coefficient (Wildman–Crippen LogP) is 2.18. The van der Waals surface area contributed by atoms with Crippen molar-refractivity contribution in [1.29, 1.82) is 0 Å². The fourth-order valence-electron chi connectivity index (χ4n) is 2.25. The van der Waals surface area contributed by atoms with Crippen LogP contribution in [0, 0.1) is 6.92 Å². The van der Waals surface area contributed by atoms with E-state index in [-0.39, 0.29) is 0 Å². The van der Waals surface area contributed by atoms with Crippen molar-refractivity contribution in [2.45, 2.75) is 58.7 Å². The van der Waals surface area contributed by atoms with Crippen LogP contribution in [0.3, 0.4) is 0 Å². The van der Waals surface area contributed by atoms with Crippen LogP contribution < -0.4 is 5.48 Å². The summed E-state index contributed by atoms with van der Waals surface area (Å²) >= 11 is 0. The van der Waals surface area contributed by atoms with E-state index in [4.69, 9.17) is 4.84 Å². The molecule has 2 rings (SSSR count). The molecule has 0 bridgehead atoms. The van der Waals surface area contributed by atoms with E-state index in [9.17, 15) is 0 Å². The number of hydrogen-bond donors (Lipinski definition) is 1. The molecule has 4 nitrogen and oxygen atoms in total. The molecule has 1 fully saturated rings. The zero-order chi connectivity index (χ0) is 11.4. The van der Waals surface area contributed by atoms with Gasteiger partial charge in [0.15, 0.2) is 0 Å². The third-order valence-electron chi connectivity index (χ3n) is 3.09. The summed E-state index contributed by atoms with van der Waals surface area (Å²) in [5.41, 5.74) is 5.33. The Morgan fingerprint density at radius 2 is 2.25 bits per heavy atom. The molecule has 0 unspecified atom stereocenters. The van der Waals surface area contributed by atoms with Gasteiger partial charge in [-0.15, -0.1) is 0 Å². The zero-order valence-electron chi connectivity index (χ0n) is 10.2. The van der Waals surface area contributed by atoms with Gasteiger partial charge in [0.05, 0.1) is 24.0 Å². The standard InChI is InChI=1S/C12H21N3O/c1-3-15-11(8-10(2)14-15)9-13-16-12-6-4-5-7-12/h8,12-13H,3-7,9H2,1-2H3. The fourth-order valence-corrected chi connectivity index (χ4v) is 2.25. The average Bonchev–Trinajstić information content (AvgIpc) is 2.88. The predicted molar refractivity (Wildman–Crippen MR) is 62.8 cm³/mol. The van der Waals surface area contributed by atoms with Crippen LogP contribution >= 0.6 is 0 Å². The molecule has 1 aromatic heterocycles. The minimum absolute atomic E-state index is 0.416. The van der Waals surface area contributed by atoms with Crippen LogP contribution in [0.5, 0.6) is 0 Å². The summed E-state index contributed by atoms with van der Waals surface area (Å²) in [6.07, 6.45) is 5.41. The molecule has 4 heteroatoms. The summed E-state index contributed by atoms with van der Waals surface area (Å²) in [6.45, 7) is 5.78. The Labute approximate surface area is 96.9 Å². The number of hydrogen-bond acceptors (Lipinski definition) is 3. The maximum Gasteiger partial charge on any atom is 0.0790 e. The lowest BCUT2D eigenvalue weighted by atomic mass is 10.3. The Hall–Kier alpha value is -0.870. The first-order chi connectivity index (χ1) is 7.79. The second kappa shape index (κ2) is 5.46. The van der Waals surface area contributed by atoms with Gasteiger partial charge in [-0.25, -0.2) is 0 Å². The number of rotatable bonds is 5. The lowest BCUT2D eigenvalue weighted by molar-refractivity contribution is -0.0253. The third-order valence-corrected chi connectivity index (χ3v) is 3.09. The number of nitrogens with zero attached hydrogens (tertiary/aromatic N) is 2. The van der Waals surface area contributed by atoms with Crippen LogP contribution in [0.4, 0.5) is 0 Å². The van der Waals surface area contributed by atoms with Gasteiger partial charge in [-0.2, -0.15) is 10.6 Å². The lowest BCUT2D eigenvalue weighted by Gasteiger charge is -2.11. The largest absolute Gasteiger partial charge is 0.298 e. The number of hydroxylamine groups is 1. The van der Waals surface area contributed by atoms with Crippen molar-refractivity contribution in [3.05, 3.63) is 17.5 Å². The molecule has 0 atom stereocenters. The zero-order valence-corrected chi connectivity index (χ0v) is 10.2. The topological polar surface area (TPSA) is 39.1 Å². The molecule has 0 aromatic carbocycles. The molecular weight excluding hydrogens is 202 g/mol. The van der Waals surface area contributed by atoms with Gasteiger partial charge < -0.3 is 0 Å². The van der Waals surface area contributed by atoms with E-state index >= 15 is 0 Å². The molecule has 1 aliphatic rings. The van der Waals surface area contributed by atoms with Crippen molar-refractivity contribution in [3.8, 4) is 0 Å². The minimum atomic E-state index is 0.416. The summed E-state index contributed by atoms with van der Waals surface area (Å²) in [5.74, 6) is 0. The van der Waals surface area contributed by atoms with Crippen LogP contribution in [0.2, 0.25) is 0 Å². The highest BCUT2D eigenvalue weighted by molar-refractivity contribution is 5.08. The number of aromatic nitrogens is 2. The molecule has 0 aliphatic heterocycles. The van der Waals surface area contributed by atoms with Gasteiger partial charge in [0.25, 0.3) is 0 Å². The van der Waals surface area contributed by atoms with E-state index < -0.39 is 0 Å². The molecule has 16 heavy (non-hydrogen) atoms. The van der Waals surface area contributed by atoms with Gasteiger partial charge in [-0.05, 0) is 32.8 Å². The smallest absolute Gasteiger partial charge is 0.0790 e. The van der Waals surface area contributed by atoms with Crippen LogP contribution in [-0.2, 0) is 17.9 Å². The molecule has 1 N–H and O–H groups in total. The summed E-state index contributed by atoms with van der Waals surface area (Å²) < 4.78 is 2.01. The highest BCUT2D eigenvalue weighted by atomic mass is 16.7. The first-order valence-electron chi connectivity index (χ1n) is 6.21. The van der Waals surface area contributed by atoms with Gasteiger partial charge in [0.2, 0.25) is 0 Å².